The van der Waals surface area contributed by atoms with Crippen molar-refractivity contribution in [2.75, 3.05) is 12.0 Å². The molecule has 0 unspecified atom stereocenters. The molecule has 0 atom stereocenters. The highest BCUT2D eigenvalue weighted by atomic mass is 35.5. The first kappa shape index (κ1) is 24.3. The van der Waals surface area contributed by atoms with E-state index in [1.807, 2.05) is 13.8 Å². The lowest BCUT2D eigenvalue weighted by Crippen LogP contribution is -2.43. The number of carboxylic acid groups (broad SMARTS) is 1. The maximum Gasteiger partial charge on any atom is 0.346 e. The van der Waals surface area contributed by atoms with Gasteiger partial charge in [0, 0.05) is 20.2 Å². The molecule has 2 amide bonds. The Labute approximate surface area is 208 Å². The highest BCUT2D eigenvalue weighted by molar-refractivity contribution is 8.00. The zero-order valence-electron chi connectivity index (χ0n) is 18.3. The molecule has 6 nitrogen and oxygen atoms in total. The summed E-state index contributed by atoms with van der Waals surface area (Å²) in [7, 11) is 1.56. The Morgan fingerprint density at radius 2 is 1.97 bits per heavy atom. The van der Waals surface area contributed by atoms with Crippen LogP contribution in [0.4, 0.5) is 10.1 Å². The third kappa shape index (κ3) is 4.31. The lowest BCUT2D eigenvalue weighted by Gasteiger charge is -2.29. The Hall–Kier alpha value is -2.88. The number of halogens is 2. The van der Waals surface area contributed by atoms with E-state index in [1.165, 1.54) is 29.3 Å². The number of hydrogen-bond acceptors (Lipinski definition) is 6. The van der Waals surface area contributed by atoms with Gasteiger partial charge in [0.2, 0.25) is 5.91 Å². The molecule has 4 rings (SSSR count). The van der Waals surface area contributed by atoms with Crippen molar-refractivity contribution in [2.45, 2.75) is 29.9 Å². The number of methoxy groups -OCH3 is 1. The number of thioether (sulfide) groups is 1. The molecule has 2 heterocycles. The number of aromatic carboxylic acids is 1. The molecule has 3 aromatic rings. The summed E-state index contributed by atoms with van der Waals surface area (Å²) in [6.07, 6.45) is -0.188. The number of imide groups is 1. The molecule has 34 heavy (non-hydrogen) atoms. The molecule has 10 heteroatoms. The molecule has 1 aliphatic rings. The topological polar surface area (TPSA) is 83.9 Å². The number of amides is 2. The predicted octanol–water partition coefficient (Wildman–Crippen LogP) is 6.00. The number of carbonyl (C=O) groups excluding carboxylic acids is 2. The number of thiophene rings is 1. The SMILES string of the molecule is COc1ccc(Cl)cc1C(C)(C)Sc1ccc(F)c(N2C(=O)Cc3csc(C(=O)O)c3C2=O)c1. The lowest BCUT2D eigenvalue weighted by atomic mass is 10.0. The van der Waals surface area contributed by atoms with Crippen molar-refractivity contribution in [2.24, 2.45) is 0 Å². The second kappa shape index (κ2) is 9.05. The summed E-state index contributed by atoms with van der Waals surface area (Å²) in [6.45, 7) is 3.89. The van der Waals surface area contributed by atoms with Crippen LogP contribution in [0.1, 0.15) is 45.0 Å². The zero-order valence-corrected chi connectivity index (χ0v) is 20.7. The lowest BCUT2D eigenvalue weighted by molar-refractivity contribution is -0.117. The summed E-state index contributed by atoms with van der Waals surface area (Å²) in [6, 6.07) is 9.44. The van der Waals surface area contributed by atoms with Gasteiger partial charge < -0.3 is 9.84 Å². The summed E-state index contributed by atoms with van der Waals surface area (Å²) in [5.41, 5.74) is 0.867. The average molecular weight is 520 g/mol. The maximum absolute atomic E-state index is 14.9. The smallest absolute Gasteiger partial charge is 0.346 e. The van der Waals surface area contributed by atoms with Crippen LogP contribution >= 0.6 is 34.7 Å². The van der Waals surface area contributed by atoms with E-state index < -0.39 is 28.3 Å². The first-order valence-corrected chi connectivity index (χ1v) is 12.1. The second-order valence-electron chi connectivity index (χ2n) is 8.05. The first-order chi connectivity index (χ1) is 16.0. The van der Waals surface area contributed by atoms with Crippen molar-refractivity contribution < 1.29 is 28.6 Å². The van der Waals surface area contributed by atoms with Crippen molar-refractivity contribution in [3.63, 3.8) is 0 Å². The normalized spacial score (nSPS) is 13.7. The molecular weight excluding hydrogens is 501 g/mol. The van der Waals surface area contributed by atoms with Crippen molar-refractivity contribution in [1.82, 2.24) is 0 Å². The minimum Gasteiger partial charge on any atom is -0.496 e. The van der Waals surface area contributed by atoms with Gasteiger partial charge in [-0.1, -0.05) is 11.6 Å². The molecule has 1 aliphatic heterocycles. The van der Waals surface area contributed by atoms with Crippen LogP contribution in [0.5, 0.6) is 5.75 Å². The molecule has 0 radical (unpaired) electrons. The van der Waals surface area contributed by atoms with Crippen molar-refractivity contribution >= 4 is 58.2 Å². The van der Waals surface area contributed by atoms with Gasteiger partial charge in [-0.2, -0.15) is 0 Å². The minimum absolute atomic E-state index is 0.0708. The minimum atomic E-state index is -1.27. The highest BCUT2D eigenvalue weighted by Crippen LogP contribution is 2.46. The highest BCUT2D eigenvalue weighted by Gasteiger charge is 2.38. The number of nitrogens with zero attached hydrogens (tertiary/aromatic N) is 1. The van der Waals surface area contributed by atoms with Gasteiger partial charge in [-0.3, -0.25) is 9.59 Å². The third-order valence-electron chi connectivity index (χ3n) is 5.41. The Kier molecular flexibility index (Phi) is 6.46. The Morgan fingerprint density at radius 1 is 1.24 bits per heavy atom. The van der Waals surface area contributed by atoms with E-state index in [0.29, 0.717) is 21.2 Å². The van der Waals surface area contributed by atoms with Gasteiger partial charge in [0.15, 0.2) is 0 Å². The number of carbonyl (C=O) groups is 3. The van der Waals surface area contributed by atoms with Crippen LogP contribution in [0.25, 0.3) is 0 Å². The van der Waals surface area contributed by atoms with Crippen LogP contribution in [-0.4, -0.2) is 30.0 Å². The number of rotatable bonds is 6. The molecule has 0 aliphatic carbocycles. The number of carboxylic acids is 1. The third-order valence-corrected chi connectivity index (χ3v) is 7.88. The van der Waals surface area contributed by atoms with Crippen LogP contribution < -0.4 is 9.64 Å². The maximum atomic E-state index is 14.9. The fourth-order valence-corrected chi connectivity index (χ4v) is 6.09. The van der Waals surface area contributed by atoms with Crippen LogP contribution in [0.3, 0.4) is 0 Å². The number of anilines is 1. The van der Waals surface area contributed by atoms with E-state index in [-0.39, 0.29) is 22.5 Å². The number of fused-ring (bicyclic) bond motifs is 1. The van der Waals surface area contributed by atoms with E-state index in [4.69, 9.17) is 16.3 Å². The van der Waals surface area contributed by atoms with Gasteiger partial charge in [-0.15, -0.1) is 23.1 Å². The second-order valence-corrected chi connectivity index (χ2v) is 11.1. The Bertz CT molecular complexity index is 1340. The van der Waals surface area contributed by atoms with Crippen LogP contribution in [0.2, 0.25) is 5.02 Å². The largest absolute Gasteiger partial charge is 0.496 e. The summed E-state index contributed by atoms with van der Waals surface area (Å²) in [5.74, 6) is -2.86. The average Bonchev–Trinajstić information content (AvgIpc) is 3.20. The van der Waals surface area contributed by atoms with Crippen LogP contribution in [0.15, 0.2) is 46.7 Å². The van der Waals surface area contributed by atoms with E-state index in [2.05, 4.69) is 0 Å². The molecule has 2 aromatic carbocycles. The molecule has 176 valence electrons. The molecule has 0 saturated carbocycles. The summed E-state index contributed by atoms with van der Waals surface area (Å²) >= 11 is 8.44. The molecular formula is C24H19ClFNO5S2. The number of ether oxygens (including phenoxy) is 1. The van der Waals surface area contributed by atoms with E-state index >= 15 is 0 Å². The Balaban J connectivity index is 1.73. The molecule has 0 spiro atoms. The van der Waals surface area contributed by atoms with Gasteiger partial charge in [-0.05, 0) is 61.2 Å². The predicted molar refractivity (Wildman–Crippen MR) is 130 cm³/mol. The van der Waals surface area contributed by atoms with E-state index in [0.717, 1.165) is 21.8 Å². The van der Waals surface area contributed by atoms with Crippen LogP contribution in [0, 0.1) is 5.82 Å². The quantitative estimate of drug-likeness (QED) is 0.317. The molecule has 1 aromatic heterocycles. The fourth-order valence-electron chi connectivity index (χ4n) is 3.85. The molecule has 0 saturated heterocycles. The van der Waals surface area contributed by atoms with Gasteiger partial charge in [0.25, 0.3) is 5.91 Å². The standard InChI is InChI=1S/C24H19ClFNO5S2/c1-24(2,15-9-13(25)4-7-18(15)32-3)34-14-5-6-16(26)17(10-14)27-19(28)8-12-11-33-21(23(30)31)20(12)22(27)29/h4-7,9-11H,8H2,1-3H3,(H,30,31). The van der Waals surface area contributed by atoms with Crippen molar-refractivity contribution in [3.05, 3.63) is 74.2 Å². The molecule has 1 N–H and O–H groups in total. The van der Waals surface area contributed by atoms with Gasteiger partial charge in [0.1, 0.15) is 16.4 Å². The monoisotopic (exact) mass is 519 g/mol. The van der Waals surface area contributed by atoms with Crippen molar-refractivity contribution in [3.8, 4) is 5.75 Å². The fraction of sp³-hybridized carbons (Fsp3) is 0.208. The zero-order chi connectivity index (χ0) is 24.8. The molecule has 0 fully saturated rings. The van der Waals surface area contributed by atoms with E-state index in [1.54, 1.807) is 31.4 Å². The summed E-state index contributed by atoms with van der Waals surface area (Å²) in [4.78, 5) is 38.7. The number of benzene rings is 2. The van der Waals surface area contributed by atoms with Gasteiger partial charge >= 0.3 is 5.97 Å². The summed E-state index contributed by atoms with van der Waals surface area (Å²) in [5, 5.41) is 11.4. The van der Waals surface area contributed by atoms with Gasteiger partial charge in [-0.25, -0.2) is 14.1 Å². The van der Waals surface area contributed by atoms with E-state index in [9.17, 15) is 23.9 Å². The van der Waals surface area contributed by atoms with Gasteiger partial charge in [0.05, 0.1) is 24.8 Å². The summed E-state index contributed by atoms with van der Waals surface area (Å²) < 4.78 is 19.8. The molecule has 0 bridgehead atoms. The van der Waals surface area contributed by atoms with Crippen LogP contribution in [-0.2, 0) is 16.0 Å². The first-order valence-electron chi connectivity index (χ1n) is 10.1. The Morgan fingerprint density at radius 3 is 2.65 bits per heavy atom. The number of hydrogen-bond donors (Lipinski definition) is 1. The van der Waals surface area contributed by atoms with Crippen molar-refractivity contribution in [1.29, 1.82) is 0 Å².